The van der Waals surface area contributed by atoms with Gasteiger partial charge in [0.15, 0.2) is 6.10 Å². The maximum atomic E-state index is 13.5. The van der Waals surface area contributed by atoms with Crippen LogP contribution < -0.4 is 9.96 Å². The van der Waals surface area contributed by atoms with Crippen molar-refractivity contribution in [2.24, 2.45) is 5.92 Å². The van der Waals surface area contributed by atoms with Crippen molar-refractivity contribution in [2.45, 2.75) is 12.1 Å². The van der Waals surface area contributed by atoms with Gasteiger partial charge in [-0.25, -0.2) is 9.96 Å². The minimum atomic E-state index is -0.930. The number of carbonyl (C=O) groups is 2. The van der Waals surface area contributed by atoms with E-state index in [1.54, 1.807) is 23.3 Å². The van der Waals surface area contributed by atoms with Gasteiger partial charge in [0.05, 0.1) is 17.4 Å². The Kier molecular flexibility index (Phi) is 4.74. The van der Waals surface area contributed by atoms with Crippen LogP contribution in [-0.4, -0.2) is 17.9 Å². The van der Waals surface area contributed by atoms with Gasteiger partial charge >= 0.3 is 0 Å². The molecule has 5 rings (SSSR count). The van der Waals surface area contributed by atoms with E-state index in [0.29, 0.717) is 15.7 Å². The summed E-state index contributed by atoms with van der Waals surface area (Å²) in [5.74, 6) is -1.46. The Hall–Kier alpha value is -2.86. The highest BCUT2D eigenvalue weighted by Crippen LogP contribution is 2.47. The lowest BCUT2D eigenvalue weighted by molar-refractivity contribution is -0.126. The Labute approximate surface area is 183 Å². The molecule has 0 N–H and O–H groups in total. The number of imide groups is 1. The van der Waals surface area contributed by atoms with Gasteiger partial charge in [0.1, 0.15) is 5.92 Å². The molecule has 2 heterocycles. The van der Waals surface area contributed by atoms with Crippen LogP contribution in [0.5, 0.6) is 0 Å². The molecular formula is C23H16Cl2N2O3. The second-order valence-electron chi connectivity index (χ2n) is 7.21. The van der Waals surface area contributed by atoms with Gasteiger partial charge < -0.3 is 0 Å². The standard InChI is InChI=1S/C23H16Cl2N2O3/c24-15-11-16(25)13-18(12-15)26-22(28)19-20(14-7-3-1-4-8-14)27(30-21(19)23(26)29)17-9-5-2-6-10-17/h1-13,19-21H/t19-,20-,21-/m1/s1. The molecule has 7 heteroatoms. The lowest BCUT2D eigenvalue weighted by Crippen LogP contribution is -2.37. The summed E-state index contributed by atoms with van der Waals surface area (Å²) in [7, 11) is 0. The molecule has 0 aliphatic carbocycles. The third-order valence-corrected chi connectivity index (χ3v) is 5.81. The first kappa shape index (κ1) is 19.1. The summed E-state index contributed by atoms with van der Waals surface area (Å²) in [5, 5.41) is 2.37. The van der Waals surface area contributed by atoms with Gasteiger partial charge in [-0.05, 0) is 35.9 Å². The maximum absolute atomic E-state index is 13.5. The van der Waals surface area contributed by atoms with E-state index in [0.717, 1.165) is 16.2 Å². The van der Waals surface area contributed by atoms with Crippen LogP contribution in [0.1, 0.15) is 11.6 Å². The summed E-state index contributed by atoms with van der Waals surface area (Å²) in [4.78, 5) is 34.0. The number of halogens is 2. The molecule has 0 bridgehead atoms. The smallest absolute Gasteiger partial charge is 0.266 e. The largest absolute Gasteiger partial charge is 0.273 e. The van der Waals surface area contributed by atoms with Crippen LogP contribution in [0.2, 0.25) is 10.0 Å². The first-order valence-electron chi connectivity index (χ1n) is 9.44. The number of benzene rings is 3. The fourth-order valence-electron chi connectivity index (χ4n) is 4.13. The highest BCUT2D eigenvalue weighted by molar-refractivity contribution is 6.35. The van der Waals surface area contributed by atoms with Gasteiger partial charge in [0.25, 0.3) is 5.91 Å². The average Bonchev–Trinajstić information content (AvgIpc) is 3.25. The molecular weight excluding hydrogens is 423 g/mol. The number of rotatable bonds is 3. The van der Waals surface area contributed by atoms with Crippen LogP contribution in [0.4, 0.5) is 11.4 Å². The van der Waals surface area contributed by atoms with E-state index in [9.17, 15) is 9.59 Å². The van der Waals surface area contributed by atoms with Gasteiger partial charge in [0.2, 0.25) is 5.91 Å². The van der Waals surface area contributed by atoms with Crippen molar-refractivity contribution in [1.82, 2.24) is 0 Å². The molecule has 2 amide bonds. The first-order chi connectivity index (χ1) is 14.5. The Morgan fingerprint density at radius 2 is 1.33 bits per heavy atom. The molecule has 0 aromatic heterocycles. The molecule has 5 nitrogen and oxygen atoms in total. The molecule has 2 saturated heterocycles. The van der Waals surface area contributed by atoms with Crippen molar-refractivity contribution < 1.29 is 14.4 Å². The Bertz CT molecular complexity index is 1100. The van der Waals surface area contributed by atoms with Gasteiger partial charge in [0, 0.05) is 10.0 Å². The molecule has 0 unspecified atom stereocenters. The van der Waals surface area contributed by atoms with Crippen LogP contribution in [0.3, 0.4) is 0 Å². The van der Waals surface area contributed by atoms with Crippen molar-refractivity contribution in [2.75, 3.05) is 9.96 Å². The molecule has 2 fully saturated rings. The highest BCUT2D eigenvalue weighted by Gasteiger charge is 2.60. The maximum Gasteiger partial charge on any atom is 0.266 e. The summed E-state index contributed by atoms with van der Waals surface area (Å²) in [6.07, 6.45) is -0.930. The second kappa shape index (κ2) is 7.43. The van der Waals surface area contributed by atoms with Gasteiger partial charge in [-0.15, -0.1) is 0 Å². The summed E-state index contributed by atoms with van der Waals surface area (Å²) in [6.45, 7) is 0. The van der Waals surface area contributed by atoms with Crippen LogP contribution in [0.15, 0.2) is 78.9 Å². The molecule has 0 saturated carbocycles. The summed E-state index contributed by atoms with van der Waals surface area (Å²) in [6, 6.07) is 23.2. The van der Waals surface area contributed by atoms with Gasteiger partial charge in [-0.1, -0.05) is 71.7 Å². The number of anilines is 2. The molecule has 150 valence electrons. The second-order valence-corrected chi connectivity index (χ2v) is 8.08. The van der Waals surface area contributed by atoms with Crippen molar-refractivity contribution in [3.8, 4) is 0 Å². The lowest BCUT2D eigenvalue weighted by atomic mass is 9.90. The zero-order valence-corrected chi connectivity index (χ0v) is 17.1. The van der Waals surface area contributed by atoms with E-state index >= 15 is 0 Å². The van der Waals surface area contributed by atoms with Crippen molar-refractivity contribution >= 4 is 46.4 Å². The van der Waals surface area contributed by atoms with Gasteiger partial charge in [-0.2, -0.15) is 0 Å². The summed E-state index contributed by atoms with van der Waals surface area (Å²) < 4.78 is 0. The van der Waals surface area contributed by atoms with Crippen LogP contribution in [0, 0.1) is 5.92 Å². The number of hydrogen-bond acceptors (Lipinski definition) is 4. The zero-order valence-electron chi connectivity index (χ0n) is 15.6. The van der Waals surface area contributed by atoms with E-state index in [-0.39, 0.29) is 5.91 Å². The zero-order chi connectivity index (χ0) is 20.8. The third kappa shape index (κ3) is 3.06. The Morgan fingerprint density at radius 3 is 1.97 bits per heavy atom. The predicted molar refractivity (Wildman–Crippen MR) is 115 cm³/mol. The van der Waals surface area contributed by atoms with Gasteiger partial charge in [-0.3, -0.25) is 14.4 Å². The normalized spacial score (nSPS) is 23.2. The molecule has 3 atom stereocenters. The Balaban J connectivity index is 1.59. The highest BCUT2D eigenvalue weighted by atomic mass is 35.5. The first-order valence-corrected chi connectivity index (χ1v) is 10.2. The SMILES string of the molecule is O=C1[C@@H]2[C@@H](c3ccccc3)N(c3ccccc3)O[C@H]2C(=O)N1c1cc(Cl)cc(Cl)c1. The number of hydrogen-bond donors (Lipinski definition) is 0. The van der Waals surface area contributed by atoms with Crippen LogP contribution in [0.25, 0.3) is 0 Å². The number of carbonyl (C=O) groups excluding carboxylic acids is 2. The number of amides is 2. The van der Waals surface area contributed by atoms with Crippen molar-refractivity contribution in [3.63, 3.8) is 0 Å². The van der Waals surface area contributed by atoms with Crippen LogP contribution in [-0.2, 0) is 14.4 Å². The number of nitrogens with zero attached hydrogens (tertiary/aromatic N) is 2. The number of fused-ring (bicyclic) bond motifs is 1. The quantitative estimate of drug-likeness (QED) is 0.537. The Morgan fingerprint density at radius 1 is 0.733 bits per heavy atom. The molecule has 0 spiro atoms. The fourth-order valence-corrected chi connectivity index (χ4v) is 4.64. The van der Waals surface area contributed by atoms with E-state index in [4.69, 9.17) is 28.0 Å². The monoisotopic (exact) mass is 438 g/mol. The van der Waals surface area contributed by atoms with E-state index in [1.807, 2.05) is 60.7 Å². The lowest BCUT2D eigenvalue weighted by Gasteiger charge is -2.28. The van der Waals surface area contributed by atoms with Crippen molar-refractivity contribution in [3.05, 3.63) is 94.5 Å². The molecule has 3 aromatic carbocycles. The molecule has 0 radical (unpaired) electrons. The van der Waals surface area contributed by atoms with E-state index in [2.05, 4.69) is 0 Å². The van der Waals surface area contributed by atoms with Crippen LogP contribution >= 0.6 is 23.2 Å². The minimum absolute atomic E-state index is 0.337. The fraction of sp³-hybridized carbons (Fsp3) is 0.130. The number of para-hydroxylation sites is 1. The molecule has 3 aromatic rings. The summed E-state index contributed by atoms with van der Waals surface area (Å²) in [5.41, 5.74) is 2.01. The predicted octanol–water partition coefficient (Wildman–Crippen LogP) is 5.04. The molecule has 2 aliphatic heterocycles. The topological polar surface area (TPSA) is 49.9 Å². The number of hydroxylamine groups is 1. The van der Waals surface area contributed by atoms with E-state index in [1.165, 1.54) is 0 Å². The minimum Gasteiger partial charge on any atom is -0.273 e. The third-order valence-electron chi connectivity index (χ3n) is 5.37. The summed E-state index contributed by atoms with van der Waals surface area (Å²) >= 11 is 12.2. The average molecular weight is 439 g/mol. The van der Waals surface area contributed by atoms with Crippen molar-refractivity contribution in [1.29, 1.82) is 0 Å². The molecule has 2 aliphatic rings. The molecule has 30 heavy (non-hydrogen) atoms. The van der Waals surface area contributed by atoms with E-state index < -0.39 is 24.0 Å².